The predicted molar refractivity (Wildman–Crippen MR) is 174 cm³/mol. The molecule has 2 aromatic heterocycles. The molecule has 3 nitrogen and oxygen atoms in total. The molecule has 0 saturated carbocycles. The van der Waals surface area contributed by atoms with E-state index in [1.165, 1.54) is 4.70 Å². The van der Waals surface area contributed by atoms with Gasteiger partial charge in [-0.25, -0.2) is 0 Å². The van der Waals surface area contributed by atoms with Crippen LogP contribution in [0.3, 0.4) is 0 Å². The van der Waals surface area contributed by atoms with Crippen molar-refractivity contribution in [3.63, 3.8) is 0 Å². The summed E-state index contributed by atoms with van der Waals surface area (Å²) < 4.78 is 4.52. The molecule has 0 saturated heterocycles. The lowest BCUT2D eigenvalue weighted by molar-refractivity contribution is 1.18. The summed E-state index contributed by atoms with van der Waals surface area (Å²) in [4.78, 5) is 0. The molecule has 0 unspecified atom stereocenters. The Hall–Kier alpha value is -5.68. The van der Waals surface area contributed by atoms with Gasteiger partial charge in [-0.05, 0) is 71.3 Å². The molecule has 8 aromatic rings. The second-order valence-corrected chi connectivity index (χ2v) is 11.5. The van der Waals surface area contributed by atoms with Crippen LogP contribution in [0.4, 0.5) is 0 Å². The lowest BCUT2D eigenvalue weighted by atomic mass is 9.97. The molecule has 2 heterocycles. The number of benzene rings is 6. The fourth-order valence-electron chi connectivity index (χ4n) is 6.14. The molecule has 42 heavy (non-hydrogen) atoms. The van der Waals surface area contributed by atoms with Crippen LogP contribution < -0.4 is 0 Å². The van der Waals surface area contributed by atoms with Crippen molar-refractivity contribution in [1.29, 1.82) is 10.5 Å². The Morgan fingerprint density at radius 3 is 2.05 bits per heavy atom. The zero-order valence-electron chi connectivity index (χ0n) is 22.4. The molecular weight excluding hydrogens is 531 g/mol. The summed E-state index contributed by atoms with van der Waals surface area (Å²) in [6.45, 7) is 0. The number of thiophene rings is 1. The number of nitrogens with zero attached hydrogens (tertiary/aromatic N) is 3. The van der Waals surface area contributed by atoms with Gasteiger partial charge in [0.25, 0.3) is 0 Å². The standard InChI is InChI=1S/C38H21N3S/c39-22-24-18-31(25-8-3-1-4-9-25)37-34(19-24)32-20-26(14-16-35(32)41(37)29-11-5-2-6-12-29)27-15-17-36-33(21-27)30-13-7-10-28(23-40)38(30)42-36/h1-21H. The molecule has 0 bridgehead atoms. The minimum absolute atomic E-state index is 0.637. The molecule has 0 aliphatic rings. The number of hydrogen-bond acceptors (Lipinski definition) is 3. The van der Waals surface area contributed by atoms with E-state index >= 15 is 0 Å². The van der Waals surface area contributed by atoms with E-state index in [9.17, 15) is 10.5 Å². The molecule has 0 amide bonds. The maximum atomic E-state index is 10.0. The average Bonchev–Trinajstić information content (AvgIpc) is 3.60. The summed E-state index contributed by atoms with van der Waals surface area (Å²) in [7, 11) is 0. The molecular formula is C38H21N3S. The first kappa shape index (κ1) is 24.1. The van der Waals surface area contributed by atoms with E-state index in [1.807, 2.05) is 48.5 Å². The van der Waals surface area contributed by atoms with Crippen LogP contribution in [0.1, 0.15) is 11.1 Å². The molecule has 0 aliphatic heterocycles. The zero-order chi connectivity index (χ0) is 28.2. The molecule has 8 rings (SSSR count). The number of rotatable bonds is 3. The molecule has 0 atom stereocenters. The molecule has 194 valence electrons. The van der Waals surface area contributed by atoms with E-state index in [4.69, 9.17) is 0 Å². The molecule has 0 N–H and O–H groups in total. The quantitative estimate of drug-likeness (QED) is 0.219. The molecule has 4 heteroatoms. The highest BCUT2D eigenvalue weighted by atomic mass is 32.1. The molecule has 0 radical (unpaired) electrons. The number of hydrogen-bond donors (Lipinski definition) is 0. The van der Waals surface area contributed by atoms with Gasteiger partial charge < -0.3 is 4.57 Å². The van der Waals surface area contributed by atoms with Gasteiger partial charge in [-0.3, -0.25) is 0 Å². The van der Waals surface area contributed by atoms with E-state index < -0.39 is 0 Å². The minimum Gasteiger partial charge on any atom is -0.309 e. The lowest BCUT2D eigenvalue weighted by Crippen LogP contribution is -1.95. The third kappa shape index (κ3) is 3.64. The van der Waals surface area contributed by atoms with Crippen LogP contribution in [0.2, 0.25) is 0 Å². The van der Waals surface area contributed by atoms with Crippen LogP contribution in [-0.2, 0) is 0 Å². The van der Waals surface area contributed by atoms with E-state index in [0.717, 1.165) is 65.2 Å². The van der Waals surface area contributed by atoms with Crippen LogP contribution in [-0.4, -0.2) is 4.57 Å². The number of fused-ring (bicyclic) bond motifs is 6. The first-order valence-corrected chi connectivity index (χ1v) is 14.5. The number of para-hydroxylation sites is 1. The van der Waals surface area contributed by atoms with Gasteiger partial charge in [-0.2, -0.15) is 10.5 Å². The van der Waals surface area contributed by atoms with Gasteiger partial charge in [-0.1, -0.05) is 72.8 Å². The normalized spacial score (nSPS) is 11.3. The van der Waals surface area contributed by atoms with Crippen molar-refractivity contribution in [3.8, 4) is 40.1 Å². The van der Waals surface area contributed by atoms with Crippen molar-refractivity contribution in [2.75, 3.05) is 0 Å². The van der Waals surface area contributed by atoms with Gasteiger partial charge in [0, 0.05) is 37.5 Å². The summed E-state index contributed by atoms with van der Waals surface area (Å²) in [5.41, 5.74) is 8.94. The van der Waals surface area contributed by atoms with Crippen molar-refractivity contribution in [1.82, 2.24) is 4.57 Å². The van der Waals surface area contributed by atoms with Crippen molar-refractivity contribution in [2.45, 2.75) is 0 Å². The topological polar surface area (TPSA) is 52.5 Å². The smallest absolute Gasteiger partial charge is 0.101 e. The van der Waals surface area contributed by atoms with Crippen LogP contribution in [0.15, 0.2) is 127 Å². The van der Waals surface area contributed by atoms with E-state index in [0.29, 0.717) is 11.1 Å². The SMILES string of the molecule is N#Cc1cc(-c2ccccc2)c2c(c1)c1cc(-c3ccc4sc5c(C#N)cccc5c4c3)ccc1n2-c1ccccc1. The third-order valence-corrected chi connectivity index (χ3v) is 9.26. The fraction of sp³-hybridized carbons (Fsp3) is 0. The predicted octanol–water partition coefficient (Wildman–Crippen LogP) is 10.2. The van der Waals surface area contributed by atoms with Crippen LogP contribution in [0.5, 0.6) is 0 Å². The largest absolute Gasteiger partial charge is 0.309 e. The second kappa shape index (κ2) is 9.46. The summed E-state index contributed by atoms with van der Waals surface area (Å²) in [5, 5.41) is 24.1. The van der Waals surface area contributed by atoms with Crippen LogP contribution in [0.25, 0.3) is 69.9 Å². The number of aromatic nitrogens is 1. The van der Waals surface area contributed by atoms with Crippen molar-refractivity contribution >= 4 is 53.3 Å². The highest BCUT2D eigenvalue weighted by Crippen LogP contribution is 2.42. The highest BCUT2D eigenvalue weighted by molar-refractivity contribution is 7.26. The highest BCUT2D eigenvalue weighted by Gasteiger charge is 2.19. The van der Waals surface area contributed by atoms with Crippen molar-refractivity contribution in [3.05, 3.63) is 139 Å². The van der Waals surface area contributed by atoms with Gasteiger partial charge in [0.15, 0.2) is 0 Å². The van der Waals surface area contributed by atoms with Gasteiger partial charge in [0.2, 0.25) is 0 Å². The minimum atomic E-state index is 0.637. The summed E-state index contributed by atoms with van der Waals surface area (Å²) >= 11 is 1.67. The maximum absolute atomic E-state index is 10.0. The Labute approximate surface area is 246 Å². The second-order valence-electron chi connectivity index (χ2n) is 10.4. The molecule has 0 fully saturated rings. The van der Waals surface area contributed by atoms with Gasteiger partial charge >= 0.3 is 0 Å². The average molecular weight is 552 g/mol. The Kier molecular flexibility index (Phi) is 5.44. The summed E-state index contributed by atoms with van der Waals surface area (Å²) in [5.74, 6) is 0. The molecule has 0 aliphatic carbocycles. The van der Waals surface area contributed by atoms with Gasteiger partial charge in [0.1, 0.15) is 6.07 Å². The summed E-state index contributed by atoms with van der Waals surface area (Å²) in [6.07, 6.45) is 0. The van der Waals surface area contributed by atoms with E-state index in [2.05, 4.69) is 95.6 Å². The Bertz CT molecular complexity index is 2420. The Balaban J connectivity index is 1.43. The maximum Gasteiger partial charge on any atom is 0.101 e. The monoisotopic (exact) mass is 551 g/mol. The zero-order valence-corrected chi connectivity index (χ0v) is 23.2. The van der Waals surface area contributed by atoms with Crippen LogP contribution in [0, 0.1) is 22.7 Å². The van der Waals surface area contributed by atoms with Crippen molar-refractivity contribution < 1.29 is 0 Å². The van der Waals surface area contributed by atoms with Gasteiger partial charge in [0.05, 0.1) is 32.9 Å². The van der Waals surface area contributed by atoms with E-state index in [-0.39, 0.29) is 0 Å². The fourth-order valence-corrected chi connectivity index (χ4v) is 7.29. The lowest BCUT2D eigenvalue weighted by Gasteiger charge is -2.12. The third-order valence-electron chi connectivity index (χ3n) is 8.04. The van der Waals surface area contributed by atoms with E-state index in [1.54, 1.807) is 11.3 Å². The first-order chi connectivity index (χ1) is 20.7. The Morgan fingerprint density at radius 1 is 0.548 bits per heavy atom. The number of nitriles is 2. The molecule has 6 aromatic carbocycles. The van der Waals surface area contributed by atoms with Crippen LogP contribution >= 0.6 is 11.3 Å². The Morgan fingerprint density at radius 2 is 1.29 bits per heavy atom. The van der Waals surface area contributed by atoms with Crippen molar-refractivity contribution in [2.24, 2.45) is 0 Å². The van der Waals surface area contributed by atoms with Gasteiger partial charge in [-0.15, -0.1) is 11.3 Å². The molecule has 0 spiro atoms. The first-order valence-electron chi connectivity index (χ1n) is 13.7. The summed E-state index contributed by atoms with van der Waals surface area (Å²) in [6, 6.07) is 48.6.